The molecule has 168 valence electrons. The highest BCUT2D eigenvalue weighted by molar-refractivity contribution is 8.02. The van der Waals surface area contributed by atoms with Gasteiger partial charge in [-0.05, 0) is 19.8 Å². The van der Waals surface area contributed by atoms with E-state index in [1.54, 1.807) is 23.6 Å². The highest BCUT2D eigenvalue weighted by Gasteiger charge is 2.71. The maximum Gasteiger partial charge on any atom is 0.311 e. The molecule has 8 heteroatoms. The van der Waals surface area contributed by atoms with Crippen LogP contribution in [0.25, 0.3) is 0 Å². The van der Waals surface area contributed by atoms with Crippen LogP contribution in [0.5, 0.6) is 0 Å². The van der Waals surface area contributed by atoms with Crippen molar-refractivity contribution in [2.75, 3.05) is 19.8 Å². The minimum atomic E-state index is -0.822. The number of rotatable bonds is 3. The summed E-state index contributed by atoms with van der Waals surface area (Å²) in [7, 11) is 0. The number of aliphatic hydroxyl groups is 1. The van der Waals surface area contributed by atoms with E-state index in [-0.39, 0.29) is 42.3 Å². The molecule has 2 amide bonds. The van der Waals surface area contributed by atoms with Gasteiger partial charge in [0, 0.05) is 17.8 Å². The predicted molar refractivity (Wildman–Crippen MR) is 116 cm³/mol. The zero-order valence-corrected chi connectivity index (χ0v) is 18.6. The number of cyclic esters (lactones) is 1. The van der Waals surface area contributed by atoms with Crippen LogP contribution in [0.15, 0.2) is 24.3 Å². The number of hydrogen-bond donors (Lipinski definition) is 1. The Morgan fingerprint density at radius 1 is 1.19 bits per heavy atom. The molecule has 1 unspecified atom stereocenters. The first kappa shape index (κ1) is 21.1. The van der Waals surface area contributed by atoms with Crippen molar-refractivity contribution < 1.29 is 24.2 Å². The molecule has 0 radical (unpaired) electrons. The minimum absolute atomic E-state index is 0.0469. The lowest BCUT2D eigenvalue weighted by Gasteiger charge is -2.40. The zero-order valence-electron chi connectivity index (χ0n) is 17.8. The third-order valence-corrected chi connectivity index (χ3v) is 9.38. The number of amides is 2. The van der Waals surface area contributed by atoms with Crippen LogP contribution in [-0.2, 0) is 19.1 Å². The lowest BCUT2D eigenvalue weighted by molar-refractivity contribution is -0.152. The molecule has 0 bridgehead atoms. The Morgan fingerprint density at radius 2 is 1.97 bits per heavy atom. The Kier molecular flexibility index (Phi) is 5.41. The Hall–Kier alpha value is -1.80. The minimum Gasteiger partial charge on any atom is -0.461 e. The zero-order chi connectivity index (χ0) is 21.8. The lowest BCUT2D eigenvalue weighted by Crippen LogP contribution is -2.57. The number of nitrogens with zero attached hydrogens (tertiary/aromatic N) is 2. The van der Waals surface area contributed by atoms with Gasteiger partial charge >= 0.3 is 5.97 Å². The number of hydrogen-bond acceptors (Lipinski definition) is 6. The predicted octanol–water partition coefficient (Wildman–Crippen LogP) is 1.51. The summed E-state index contributed by atoms with van der Waals surface area (Å²) in [6.07, 6.45) is 13.2. The van der Waals surface area contributed by atoms with Gasteiger partial charge in [-0.3, -0.25) is 14.4 Å². The van der Waals surface area contributed by atoms with E-state index in [4.69, 9.17) is 4.74 Å². The Morgan fingerprint density at radius 3 is 2.71 bits per heavy atom. The van der Waals surface area contributed by atoms with Gasteiger partial charge in [-0.1, -0.05) is 43.6 Å². The Bertz CT molecular complexity index is 838. The summed E-state index contributed by atoms with van der Waals surface area (Å²) in [6, 6.07) is -1.03. The largest absolute Gasteiger partial charge is 0.461 e. The molecule has 0 aromatic heterocycles. The first-order valence-electron chi connectivity index (χ1n) is 11.4. The number of carbonyl (C=O) groups is 3. The molecule has 1 spiro atoms. The van der Waals surface area contributed by atoms with Crippen molar-refractivity contribution in [2.45, 2.75) is 67.2 Å². The van der Waals surface area contributed by atoms with Crippen LogP contribution >= 0.6 is 11.8 Å². The number of likely N-dealkylation sites (tertiary alicyclic amines) is 1. The summed E-state index contributed by atoms with van der Waals surface area (Å²) < 4.78 is 4.55. The number of carbonyl (C=O) groups excluding carboxylic acids is 3. The molecule has 3 fully saturated rings. The second-order valence-electron chi connectivity index (χ2n) is 9.36. The quantitative estimate of drug-likeness (QED) is 0.522. The second kappa shape index (κ2) is 7.96. The average molecular weight is 447 g/mol. The fourth-order valence-electron chi connectivity index (χ4n) is 6.21. The van der Waals surface area contributed by atoms with Crippen molar-refractivity contribution in [1.29, 1.82) is 0 Å². The van der Waals surface area contributed by atoms with E-state index in [9.17, 15) is 19.5 Å². The number of esters is 1. The van der Waals surface area contributed by atoms with Crippen molar-refractivity contribution >= 4 is 29.5 Å². The van der Waals surface area contributed by atoms with Gasteiger partial charge in [0.05, 0.1) is 29.2 Å². The molecule has 4 aliphatic heterocycles. The summed E-state index contributed by atoms with van der Waals surface area (Å²) in [6.45, 7) is 2.28. The SMILES string of the molecule is C[C@H](CO)N1C(=O)[C@@H]2[C@H]3C(=O)OCC=C[C@H]3S[C@@]23C=CCN(C2CCCCC2)C(=O)C13. The van der Waals surface area contributed by atoms with Gasteiger partial charge in [0.25, 0.3) is 0 Å². The summed E-state index contributed by atoms with van der Waals surface area (Å²) in [5.41, 5.74) is 0. The third kappa shape index (κ3) is 3.09. The molecule has 1 N–H and O–H groups in total. The Balaban J connectivity index is 1.60. The normalized spacial score (nSPS) is 39.0. The fraction of sp³-hybridized carbons (Fsp3) is 0.696. The van der Waals surface area contributed by atoms with Crippen molar-refractivity contribution in [1.82, 2.24) is 9.80 Å². The average Bonchev–Trinajstić information content (AvgIpc) is 3.09. The van der Waals surface area contributed by atoms with Crippen LogP contribution in [0, 0.1) is 11.8 Å². The third-order valence-electron chi connectivity index (χ3n) is 7.64. The summed E-state index contributed by atoms with van der Waals surface area (Å²) in [5, 5.41) is 9.72. The monoisotopic (exact) mass is 446 g/mol. The van der Waals surface area contributed by atoms with Gasteiger partial charge in [0.15, 0.2) is 0 Å². The van der Waals surface area contributed by atoms with Crippen LogP contribution in [0.1, 0.15) is 39.0 Å². The van der Waals surface area contributed by atoms with E-state index >= 15 is 0 Å². The van der Waals surface area contributed by atoms with Gasteiger partial charge in [0.1, 0.15) is 12.6 Å². The number of ether oxygens (including phenoxy) is 1. The van der Waals surface area contributed by atoms with Crippen molar-refractivity contribution in [3.8, 4) is 0 Å². The first-order valence-corrected chi connectivity index (χ1v) is 12.3. The van der Waals surface area contributed by atoms with Crippen LogP contribution in [0.2, 0.25) is 0 Å². The Labute approximate surface area is 186 Å². The molecule has 4 heterocycles. The molecule has 1 aliphatic carbocycles. The molecule has 2 saturated heterocycles. The van der Waals surface area contributed by atoms with Crippen LogP contribution in [0.3, 0.4) is 0 Å². The highest BCUT2D eigenvalue weighted by Crippen LogP contribution is 2.61. The lowest BCUT2D eigenvalue weighted by atomic mass is 9.78. The number of thioether (sulfide) groups is 1. The fourth-order valence-corrected chi connectivity index (χ4v) is 8.20. The van der Waals surface area contributed by atoms with E-state index in [0.29, 0.717) is 6.54 Å². The van der Waals surface area contributed by atoms with Crippen LogP contribution in [-0.4, -0.2) is 80.6 Å². The van der Waals surface area contributed by atoms with Crippen molar-refractivity contribution in [2.24, 2.45) is 11.8 Å². The first-order chi connectivity index (χ1) is 15.0. The van der Waals surface area contributed by atoms with E-state index < -0.39 is 28.7 Å². The van der Waals surface area contributed by atoms with Gasteiger partial charge in [-0.15, -0.1) is 11.8 Å². The van der Waals surface area contributed by atoms with Gasteiger partial charge in [-0.25, -0.2) is 0 Å². The van der Waals surface area contributed by atoms with Crippen molar-refractivity contribution in [3.05, 3.63) is 24.3 Å². The van der Waals surface area contributed by atoms with Gasteiger partial charge < -0.3 is 19.6 Å². The van der Waals surface area contributed by atoms with E-state index in [2.05, 4.69) is 0 Å². The molecular formula is C23H30N2O5S. The van der Waals surface area contributed by atoms with Gasteiger partial charge in [-0.2, -0.15) is 0 Å². The highest BCUT2D eigenvalue weighted by atomic mass is 32.2. The molecular weight excluding hydrogens is 416 g/mol. The molecule has 31 heavy (non-hydrogen) atoms. The standard InChI is InChI=1S/C23H30N2O5S/c1-14(13-26)25-19-21(28)24(15-7-3-2-4-8-15)11-6-10-23(19)18(20(25)27)17-16(31-23)9-5-12-30-22(17)29/h5-6,9-10,14-19,26H,2-4,7-8,11-13H2,1H3/t14-,16-,17+,18+,19?,23+/m1/s1. The summed E-state index contributed by atoms with van der Waals surface area (Å²) in [5.74, 6) is -1.92. The summed E-state index contributed by atoms with van der Waals surface area (Å²) >= 11 is 1.55. The van der Waals surface area contributed by atoms with Crippen molar-refractivity contribution in [3.63, 3.8) is 0 Å². The number of fused-ring (bicyclic) bond motifs is 2. The maximum atomic E-state index is 14.1. The molecule has 6 atom stereocenters. The summed E-state index contributed by atoms with van der Waals surface area (Å²) in [4.78, 5) is 44.2. The molecule has 5 rings (SSSR count). The molecule has 7 nitrogen and oxygen atoms in total. The molecule has 1 saturated carbocycles. The maximum absolute atomic E-state index is 14.1. The number of aliphatic hydroxyl groups excluding tert-OH is 1. The van der Waals surface area contributed by atoms with Crippen LogP contribution < -0.4 is 0 Å². The topological polar surface area (TPSA) is 87.2 Å². The molecule has 0 aromatic rings. The van der Waals surface area contributed by atoms with Crippen LogP contribution in [0.4, 0.5) is 0 Å². The van der Waals surface area contributed by atoms with E-state index in [0.717, 1.165) is 25.7 Å². The smallest absolute Gasteiger partial charge is 0.311 e. The van der Waals surface area contributed by atoms with E-state index in [1.807, 2.05) is 29.2 Å². The molecule has 0 aromatic carbocycles. The second-order valence-corrected chi connectivity index (χ2v) is 10.8. The van der Waals surface area contributed by atoms with E-state index in [1.165, 1.54) is 6.42 Å². The molecule has 5 aliphatic rings. The van der Waals surface area contributed by atoms with Gasteiger partial charge in [0.2, 0.25) is 11.8 Å².